The molecule has 0 fully saturated rings. The van der Waals surface area contributed by atoms with Crippen LogP contribution in [0, 0.1) is 5.82 Å². The molecule has 1 aliphatic rings. The highest BCUT2D eigenvalue weighted by molar-refractivity contribution is 7.88. The van der Waals surface area contributed by atoms with E-state index >= 15 is 0 Å². The van der Waals surface area contributed by atoms with Crippen molar-refractivity contribution in [3.8, 4) is 0 Å². The van der Waals surface area contributed by atoms with E-state index in [-0.39, 0.29) is 35.3 Å². The summed E-state index contributed by atoms with van der Waals surface area (Å²) in [5.41, 5.74) is 0.0864. The van der Waals surface area contributed by atoms with Gasteiger partial charge in [0.25, 0.3) is 5.91 Å². The maximum absolute atomic E-state index is 13.3. The Labute approximate surface area is 169 Å². The quantitative estimate of drug-likeness (QED) is 0.737. The number of benzene rings is 1. The van der Waals surface area contributed by atoms with E-state index in [1.165, 1.54) is 42.9 Å². The van der Waals surface area contributed by atoms with Crippen molar-refractivity contribution in [3.63, 3.8) is 0 Å². The van der Waals surface area contributed by atoms with Crippen molar-refractivity contribution < 1.29 is 22.3 Å². The first-order chi connectivity index (χ1) is 13.3. The van der Waals surface area contributed by atoms with Crippen LogP contribution in [-0.2, 0) is 19.7 Å². The van der Waals surface area contributed by atoms with Crippen LogP contribution in [0.5, 0.6) is 0 Å². The molecule has 0 radical (unpaired) electrons. The van der Waals surface area contributed by atoms with Crippen LogP contribution in [0.2, 0.25) is 5.02 Å². The zero-order valence-corrected chi connectivity index (χ0v) is 16.8. The van der Waals surface area contributed by atoms with Crippen LogP contribution in [0.25, 0.3) is 0 Å². The van der Waals surface area contributed by atoms with Gasteiger partial charge in [0, 0.05) is 24.4 Å². The summed E-state index contributed by atoms with van der Waals surface area (Å²) in [5, 5.41) is 4.35. The number of anilines is 1. The Bertz CT molecular complexity index is 1050. The number of carbonyl (C=O) groups is 1. The summed E-state index contributed by atoms with van der Waals surface area (Å²) in [6, 6.07) is 3.63. The highest BCUT2D eigenvalue weighted by atomic mass is 35.5. The first-order valence-corrected chi connectivity index (χ1v) is 10.5. The number of aromatic nitrogens is 1. The average Bonchev–Trinajstić information content (AvgIpc) is 3.17. The SMILES string of the molecule is COCCN1C(C(=O)Nc2ccc(F)c(Cl)c2)=CC(c2nccs2)=NS1(=O)=O. The number of amides is 1. The molecule has 0 aliphatic carbocycles. The number of carbonyl (C=O) groups excluding carboxylic acids is 1. The number of nitrogens with one attached hydrogen (secondary N) is 1. The molecule has 8 nitrogen and oxygen atoms in total. The van der Waals surface area contributed by atoms with Gasteiger partial charge in [-0.25, -0.2) is 13.7 Å². The largest absolute Gasteiger partial charge is 0.383 e. The summed E-state index contributed by atoms with van der Waals surface area (Å²) >= 11 is 6.91. The van der Waals surface area contributed by atoms with Crippen molar-refractivity contribution in [3.05, 3.63) is 57.4 Å². The number of nitrogens with zero attached hydrogens (tertiary/aromatic N) is 3. The van der Waals surface area contributed by atoms with Crippen LogP contribution in [0.15, 0.2) is 45.9 Å². The van der Waals surface area contributed by atoms with Gasteiger partial charge in [-0.2, -0.15) is 8.42 Å². The molecule has 2 aromatic rings. The summed E-state index contributed by atoms with van der Waals surface area (Å²) in [6.45, 7) is -0.0642. The zero-order chi connectivity index (χ0) is 20.3. The van der Waals surface area contributed by atoms with Crippen molar-refractivity contribution in [2.75, 3.05) is 25.6 Å². The van der Waals surface area contributed by atoms with Gasteiger partial charge < -0.3 is 10.1 Å². The Hall–Kier alpha value is -2.34. The van der Waals surface area contributed by atoms with Gasteiger partial charge in [0.15, 0.2) is 0 Å². The third-order valence-electron chi connectivity index (χ3n) is 3.59. The molecule has 1 aromatic heterocycles. The van der Waals surface area contributed by atoms with E-state index in [9.17, 15) is 17.6 Å². The van der Waals surface area contributed by atoms with E-state index in [2.05, 4.69) is 14.7 Å². The molecule has 12 heteroatoms. The van der Waals surface area contributed by atoms with Gasteiger partial charge in [0.2, 0.25) is 0 Å². The lowest BCUT2D eigenvalue weighted by Crippen LogP contribution is -2.40. The number of ether oxygens (including phenoxy) is 1. The summed E-state index contributed by atoms with van der Waals surface area (Å²) in [6.07, 6.45) is 2.83. The molecule has 28 heavy (non-hydrogen) atoms. The fraction of sp³-hybridized carbons (Fsp3) is 0.188. The lowest BCUT2D eigenvalue weighted by Gasteiger charge is -2.26. The normalized spacial score (nSPS) is 15.8. The first-order valence-electron chi connectivity index (χ1n) is 7.81. The van der Waals surface area contributed by atoms with Crippen molar-refractivity contribution >= 4 is 50.5 Å². The van der Waals surface area contributed by atoms with Crippen LogP contribution >= 0.6 is 22.9 Å². The lowest BCUT2D eigenvalue weighted by molar-refractivity contribution is -0.113. The summed E-state index contributed by atoms with van der Waals surface area (Å²) < 4.78 is 48.1. The van der Waals surface area contributed by atoms with E-state index in [0.717, 1.165) is 10.4 Å². The predicted octanol–water partition coefficient (Wildman–Crippen LogP) is 2.45. The van der Waals surface area contributed by atoms with Crippen LogP contribution in [0.4, 0.5) is 10.1 Å². The van der Waals surface area contributed by atoms with E-state index in [0.29, 0.717) is 5.01 Å². The molecule has 0 saturated carbocycles. The monoisotopic (exact) mass is 444 g/mol. The van der Waals surface area contributed by atoms with Crippen molar-refractivity contribution in [2.24, 2.45) is 4.40 Å². The second-order valence-corrected chi connectivity index (χ2v) is 8.29. The number of allylic oxidation sites excluding steroid dienone is 1. The minimum Gasteiger partial charge on any atom is -0.383 e. The number of hydrogen-bond acceptors (Lipinski definition) is 6. The zero-order valence-electron chi connectivity index (χ0n) is 14.4. The summed E-state index contributed by atoms with van der Waals surface area (Å²) in [7, 11) is -2.77. The Morgan fingerprint density at radius 1 is 1.43 bits per heavy atom. The average molecular weight is 445 g/mol. The molecule has 1 N–H and O–H groups in total. The van der Waals surface area contributed by atoms with Gasteiger partial charge in [-0.05, 0) is 24.3 Å². The molecule has 1 amide bonds. The fourth-order valence-electron chi connectivity index (χ4n) is 2.33. The molecule has 0 bridgehead atoms. The maximum Gasteiger partial charge on any atom is 0.345 e. The Kier molecular flexibility index (Phi) is 6.08. The minimum atomic E-state index is -4.18. The molecular formula is C16H14ClFN4O4S2. The van der Waals surface area contributed by atoms with Gasteiger partial charge in [-0.1, -0.05) is 11.6 Å². The van der Waals surface area contributed by atoms with Gasteiger partial charge >= 0.3 is 10.2 Å². The van der Waals surface area contributed by atoms with E-state index in [1.807, 2.05) is 0 Å². The third kappa shape index (κ3) is 4.38. The van der Waals surface area contributed by atoms with Crippen molar-refractivity contribution in [1.82, 2.24) is 9.29 Å². The van der Waals surface area contributed by atoms with Crippen molar-refractivity contribution in [1.29, 1.82) is 0 Å². The molecule has 1 aromatic carbocycles. The predicted molar refractivity (Wildman–Crippen MR) is 104 cm³/mol. The molecule has 0 saturated heterocycles. The Morgan fingerprint density at radius 2 is 2.21 bits per heavy atom. The van der Waals surface area contributed by atoms with Gasteiger partial charge in [-0.3, -0.25) is 4.79 Å². The Morgan fingerprint density at radius 3 is 2.86 bits per heavy atom. The Balaban J connectivity index is 1.97. The van der Waals surface area contributed by atoms with Gasteiger partial charge in [-0.15, -0.1) is 15.7 Å². The minimum absolute atomic E-state index is 0.0472. The van der Waals surface area contributed by atoms with Gasteiger partial charge in [0.05, 0.1) is 18.2 Å². The molecule has 148 valence electrons. The van der Waals surface area contributed by atoms with E-state index in [4.69, 9.17) is 16.3 Å². The molecule has 0 unspecified atom stereocenters. The number of hydrogen-bond donors (Lipinski definition) is 1. The lowest BCUT2D eigenvalue weighted by atomic mass is 10.2. The summed E-state index contributed by atoms with van der Waals surface area (Å²) in [5.74, 6) is -1.37. The summed E-state index contributed by atoms with van der Waals surface area (Å²) in [4.78, 5) is 16.8. The maximum atomic E-state index is 13.3. The highest BCUT2D eigenvalue weighted by Crippen LogP contribution is 2.24. The van der Waals surface area contributed by atoms with Crippen molar-refractivity contribution in [2.45, 2.75) is 0 Å². The molecular weight excluding hydrogens is 431 g/mol. The fourth-order valence-corrected chi connectivity index (χ4v) is 4.35. The molecule has 2 heterocycles. The first kappa shape index (κ1) is 20.4. The third-order valence-corrected chi connectivity index (χ3v) is 6.04. The second kappa shape index (κ2) is 8.35. The standard InChI is InChI=1S/C16H14ClFN4O4S2/c1-26-6-5-22-14(15(23)20-10-2-3-12(18)11(17)8-10)9-13(21-28(22,24)25)16-19-4-7-27-16/h2-4,7-9H,5-6H2,1H3,(H,20,23). The number of rotatable bonds is 6. The molecule has 1 aliphatic heterocycles. The van der Waals surface area contributed by atoms with Crippen LogP contribution in [0.3, 0.4) is 0 Å². The van der Waals surface area contributed by atoms with E-state index < -0.39 is 21.9 Å². The second-order valence-electron chi connectivity index (χ2n) is 5.47. The van der Waals surface area contributed by atoms with Crippen LogP contribution in [-0.4, -0.2) is 49.6 Å². The topological polar surface area (TPSA) is 101 Å². The van der Waals surface area contributed by atoms with Gasteiger partial charge in [0.1, 0.15) is 22.2 Å². The molecule has 0 spiro atoms. The highest BCUT2D eigenvalue weighted by Gasteiger charge is 2.33. The molecule has 0 atom stereocenters. The number of halogens is 2. The van der Waals surface area contributed by atoms with Crippen LogP contribution in [0.1, 0.15) is 5.01 Å². The number of thiazole rings is 1. The number of methoxy groups -OCH3 is 1. The van der Waals surface area contributed by atoms with E-state index in [1.54, 1.807) is 5.38 Å². The smallest absolute Gasteiger partial charge is 0.345 e. The van der Waals surface area contributed by atoms with Crippen LogP contribution < -0.4 is 5.32 Å². The molecule has 3 rings (SSSR count).